The molecule has 0 amide bonds. The molecule has 5 atom stereocenters. The van der Waals surface area contributed by atoms with E-state index in [1.165, 1.54) is 6.20 Å². The lowest BCUT2D eigenvalue weighted by Gasteiger charge is -2.22. The highest BCUT2D eigenvalue weighted by Gasteiger charge is 2.51. The molecule has 146 valence electrons. The van der Waals surface area contributed by atoms with Gasteiger partial charge in [-0.05, 0) is 6.42 Å². The third-order valence-electron chi connectivity index (χ3n) is 4.11. The Morgan fingerprint density at radius 1 is 1.31 bits per heavy atom. The van der Waals surface area contributed by atoms with E-state index < -0.39 is 50.7 Å². The van der Waals surface area contributed by atoms with Crippen LogP contribution in [0.15, 0.2) is 21.9 Å². The van der Waals surface area contributed by atoms with Crippen LogP contribution in [0.5, 0.6) is 0 Å². The fraction of sp³-hybridized carbons (Fsp3) is 0.733. The molecule has 0 aliphatic carbocycles. The van der Waals surface area contributed by atoms with Crippen molar-refractivity contribution in [3.63, 3.8) is 0 Å². The Labute approximate surface area is 150 Å². The first-order valence-corrected chi connectivity index (χ1v) is 9.63. The number of hydrogen-bond acceptors (Lipinski definition) is 7. The quantitative estimate of drug-likeness (QED) is 0.385. The number of unbranched alkanes of at least 4 members (excludes halogenated alkanes) is 3. The molecular formula is C15H24N2O8P+. The number of nitrogens with one attached hydrogen (secondary N) is 1. The highest BCUT2D eigenvalue weighted by Crippen LogP contribution is 2.37. The average Bonchev–Trinajstić information content (AvgIpc) is 2.91. The van der Waals surface area contributed by atoms with E-state index in [1.54, 1.807) is 0 Å². The summed E-state index contributed by atoms with van der Waals surface area (Å²) in [6.45, 7) is 1.93. The van der Waals surface area contributed by atoms with Gasteiger partial charge < -0.3 is 14.6 Å². The van der Waals surface area contributed by atoms with Crippen LogP contribution in [0.4, 0.5) is 0 Å². The topological polar surface area (TPSA) is 140 Å². The number of hydrogen-bond donors (Lipinski definition) is 3. The van der Waals surface area contributed by atoms with Gasteiger partial charge in [0, 0.05) is 23.4 Å². The Bertz CT molecular complexity index is 705. The monoisotopic (exact) mass is 391 g/mol. The maximum absolute atomic E-state index is 12.1. The molecule has 0 radical (unpaired) electrons. The van der Waals surface area contributed by atoms with Crippen LogP contribution in [0.1, 0.15) is 38.8 Å². The summed E-state index contributed by atoms with van der Waals surface area (Å²) in [5.74, 6) is 0. The van der Waals surface area contributed by atoms with Gasteiger partial charge in [-0.3, -0.25) is 14.3 Å². The standard InChI is InChI=1S/C15H23N2O8P/c1-2-3-4-5-8-23-13-12(25-26(21)22)10(9-18)24-14(13)17-7-6-11(19)16-15(17)20/h6-7,10,12-14,18H,2-5,8-9H2,1H3,(H-,16,19,20,21,22)/p+1/t10-,12+,13?,14-/m1/s1. The predicted octanol–water partition coefficient (Wildman–Crippen LogP) is 0.427. The van der Waals surface area contributed by atoms with Crippen LogP contribution in [-0.4, -0.2) is 51.1 Å². The second-order valence-corrected chi connectivity index (χ2v) is 6.66. The number of aliphatic hydroxyl groups is 1. The van der Waals surface area contributed by atoms with E-state index in [-0.39, 0.29) is 0 Å². The Kier molecular flexibility index (Phi) is 8.08. The largest absolute Gasteiger partial charge is 0.695 e. The van der Waals surface area contributed by atoms with Gasteiger partial charge in [0.25, 0.3) is 5.56 Å². The van der Waals surface area contributed by atoms with E-state index in [9.17, 15) is 19.3 Å². The third-order valence-corrected chi connectivity index (χ3v) is 4.53. The molecule has 1 aliphatic heterocycles. The summed E-state index contributed by atoms with van der Waals surface area (Å²) in [5, 5.41) is 9.50. The highest BCUT2D eigenvalue weighted by atomic mass is 31.1. The van der Waals surface area contributed by atoms with Crippen LogP contribution in [0.3, 0.4) is 0 Å². The van der Waals surface area contributed by atoms with Crippen LogP contribution < -0.4 is 11.2 Å². The molecule has 1 aliphatic rings. The van der Waals surface area contributed by atoms with Crippen LogP contribution in [0, 0.1) is 0 Å². The molecule has 0 spiro atoms. The van der Waals surface area contributed by atoms with Crippen molar-refractivity contribution in [2.45, 2.75) is 57.1 Å². The second-order valence-electron chi connectivity index (χ2n) is 5.97. The van der Waals surface area contributed by atoms with Crippen molar-refractivity contribution >= 4 is 8.25 Å². The first kappa shape index (κ1) is 20.9. The van der Waals surface area contributed by atoms with Crippen LogP contribution in [-0.2, 0) is 18.6 Å². The molecule has 0 bridgehead atoms. The molecule has 0 aromatic carbocycles. The summed E-state index contributed by atoms with van der Waals surface area (Å²) in [6.07, 6.45) is 1.17. The van der Waals surface area contributed by atoms with Crippen LogP contribution in [0.25, 0.3) is 0 Å². The van der Waals surface area contributed by atoms with Gasteiger partial charge in [-0.25, -0.2) is 4.79 Å². The van der Waals surface area contributed by atoms with E-state index >= 15 is 0 Å². The van der Waals surface area contributed by atoms with Crippen molar-refractivity contribution in [3.8, 4) is 0 Å². The summed E-state index contributed by atoms with van der Waals surface area (Å²) in [7, 11) is -2.96. The minimum Gasteiger partial charge on any atom is -0.394 e. The van der Waals surface area contributed by atoms with Gasteiger partial charge in [0.1, 0.15) is 12.2 Å². The Balaban J connectivity index is 2.23. The first-order chi connectivity index (χ1) is 12.5. The number of rotatable bonds is 10. The van der Waals surface area contributed by atoms with Crippen molar-refractivity contribution in [2.75, 3.05) is 13.2 Å². The van der Waals surface area contributed by atoms with Gasteiger partial charge >= 0.3 is 13.9 Å². The van der Waals surface area contributed by atoms with E-state index in [0.29, 0.717) is 6.61 Å². The maximum Gasteiger partial charge on any atom is 0.695 e. The molecule has 0 saturated carbocycles. The van der Waals surface area contributed by atoms with Crippen molar-refractivity contribution in [1.29, 1.82) is 0 Å². The molecule has 10 nitrogen and oxygen atoms in total. The van der Waals surface area contributed by atoms with Gasteiger partial charge in [-0.1, -0.05) is 26.2 Å². The minimum absolute atomic E-state index is 0.336. The lowest BCUT2D eigenvalue weighted by Crippen LogP contribution is -2.40. The number of nitrogens with zero attached hydrogens (tertiary/aromatic N) is 1. The molecule has 2 rings (SSSR count). The van der Waals surface area contributed by atoms with Gasteiger partial charge in [-0.2, -0.15) is 0 Å². The van der Waals surface area contributed by atoms with E-state index in [0.717, 1.165) is 36.3 Å². The summed E-state index contributed by atoms with van der Waals surface area (Å²) in [4.78, 5) is 34.6. The van der Waals surface area contributed by atoms with Crippen molar-refractivity contribution < 1.29 is 28.6 Å². The molecule has 1 aromatic heterocycles. The summed E-state index contributed by atoms with van der Waals surface area (Å²) in [6, 6.07) is 1.15. The normalized spacial score (nSPS) is 26.2. The fourth-order valence-electron chi connectivity index (χ4n) is 2.86. The Morgan fingerprint density at radius 3 is 2.69 bits per heavy atom. The molecular weight excluding hydrogens is 367 g/mol. The molecule has 1 saturated heterocycles. The van der Waals surface area contributed by atoms with Gasteiger partial charge in [0.15, 0.2) is 12.3 Å². The van der Waals surface area contributed by atoms with Crippen molar-refractivity contribution in [2.24, 2.45) is 0 Å². The number of aromatic nitrogens is 2. The summed E-state index contributed by atoms with van der Waals surface area (Å²) < 4.78 is 28.7. The van der Waals surface area contributed by atoms with E-state index in [4.69, 9.17) is 18.9 Å². The zero-order valence-electron chi connectivity index (χ0n) is 14.4. The smallest absolute Gasteiger partial charge is 0.394 e. The molecule has 11 heteroatoms. The van der Waals surface area contributed by atoms with Gasteiger partial charge in [0.2, 0.25) is 0 Å². The third kappa shape index (κ3) is 5.29. The van der Waals surface area contributed by atoms with E-state index in [2.05, 4.69) is 11.9 Å². The lowest BCUT2D eigenvalue weighted by atomic mass is 10.1. The Hall–Kier alpha value is -1.42. The molecule has 1 fully saturated rings. The molecule has 2 heterocycles. The van der Waals surface area contributed by atoms with Crippen molar-refractivity contribution in [1.82, 2.24) is 9.55 Å². The second kappa shape index (κ2) is 10.1. The van der Waals surface area contributed by atoms with Gasteiger partial charge in [-0.15, -0.1) is 9.42 Å². The van der Waals surface area contributed by atoms with Crippen LogP contribution >= 0.6 is 8.25 Å². The molecule has 26 heavy (non-hydrogen) atoms. The zero-order chi connectivity index (χ0) is 19.1. The fourth-order valence-corrected chi connectivity index (χ4v) is 3.33. The highest BCUT2D eigenvalue weighted by molar-refractivity contribution is 7.32. The zero-order valence-corrected chi connectivity index (χ0v) is 15.3. The number of aliphatic hydroxyl groups excluding tert-OH is 1. The SMILES string of the molecule is CCCCCCOC1[C@@H](O[P+](=O)O)[C@@H](CO)O[C@H]1n1ccc(=O)[nH]c1=O. The Morgan fingerprint density at radius 2 is 2.08 bits per heavy atom. The van der Waals surface area contributed by atoms with E-state index in [1.807, 2.05) is 0 Å². The average molecular weight is 391 g/mol. The minimum atomic E-state index is -2.96. The molecule has 2 unspecified atom stereocenters. The maximum atomic E-state index is 12.1. The number of H-pyrrole nitrogens is 1. The summed E-state index contributed by atoms with van der Waals surface area (Å²) >= 11 is 0. The van der Waals surface area contributed by atoms with Crippen LogP contribution in [0.2, 0.25) is 0 Å². The van der Waals surface area contributed by atoms with Crippen molar-refractivity contribution in [3.05, 3.63) is 33.1 Å². The molecule has 3 N–H and O–H groups in total. The molecule has 1 aromatic rings. The first-order valence-electron chi connectivity index (χ1n) is 8.50. The predicted molar refractivity (Wildman–Crippen MR) is 90.9 cm³/mol. The number of ether oxygens (including phenoxy) is 2. The number of aromatic amines is 1. The lowest BCUT2D eigenvalue weighted by molar-refractivity contribution is -0.0744. The van der Waals surface area contributed by atoms with Gasteiger partial charge in [0.05, 0.1) is 6.61 Å². The summed E-state index contributed by atoms with van der Waals surface area (Å²) in [5.41, 5.74) is -1.28.